The molecule has 26 heavy (non-hydrogen) atoms. The molecule has 0 unspecified atom stereocenters. The Balaban J connectivity index is 1.69. The molecule has 1 heterocycles. The van der Waals surface area contributed by atoms with Gasteiger partial charge in [-0.25, -0.2) is 4.39 Å². The van der Waals surface area contributed by atoms with Crippen molar-refractivity contribution < 1.29 is 9.18 Å². The van der Waals surface area contributed by atoms with E-state index in [1.54, 1.807) is 23.9 Å². The largest absolute Gasteiger partial charge is 0.307 e. The number of para-hydroxylation sites is 1. The highest BCUT2D eigenvalue weighted by molar-refractivity contribution is 7.99. The summed E-state index contributed by atoms with van der Waals surface area (Å²) in [5.41, 5.74) is 2.99. The SMILES string of the molecule is O=C1C[C@H](c2ccccc2)Sc2ccccc2N1Cc1ccc(F)cc1. The molecular weight excluding hydrogens is 345 g/mol. The summed E-state index contributed by atoms with van der Waals surface area (Å²) in [7, 11) is 0. The van der Waals surface area contributed by atoms with E-state index in [1.807, 2.05) is 41.3 Å². The van der Waals surface area contributed by atoms with E-state index in [-0.39, 0.29) is 17.0 Å². The van der Waals surface area contributed by atoms with Gasteiger partial charge in [0.2, 0.25) is 5.91 Å². The first kappa shape index (κ1) is 16.9. The van der Waals surface area contributed by atoms with E-state index in [0.717, 1.165) is 21.7 Å². The molecule has 0 aromatic heterocycles. The van der Waals surface area contributed by atoms with Crippen molar-refractivity contribution in [3.8, 4) is 0 Å². The Bertz CT molecular complexity index is 911. The summed E-state index contributed by atoms with van der Waals surface area (Å²) in [6.45, 7) is 0.443. The van der Waals surface area contributed by atoms with Crippen LogP contribution in [-0.2, 0) is 11.3 Å². The lowest BCUT2D eigenvalue weighted by atomic mass is 10.1. The van der Waals surface area contributed by atoms with E-state index in [4.69, 9.17) is 0 Å². The predicted octanol–water partition coefficient (Wildman–Crippen LogP) is 5.60. The highest BCUT2D eigenvalue weighted by atomic mass is 32.2. The third-order valence-corrected chi connectivity index (χ3v) is 5.83. The molecule has 0 bridgehead atoms. The van der Waals surface area contributed by atoms with Crippen LogP contribution in [-0.4, -0.2) is 5.91 Å². The van der Waals surface area contributed by atoms with Gasteiger partial charge >= 0.3 is 0 Å². The third kappa shape index (κ3) is 3.51. The molecule has 1 atom stereocenters. The lowest BCUT2D eigenvalue weighted by molar-refractivity contribution is -0.118. The number of anilines is 1. The average Bonchev–Trinajstić information content (AvgIpc) is 2.81. The number of halogens is 1. The second kappa shape index (κ2) is 7.34. The van der Waals surface area contributed by atoms with Crippen molar-refractivity contribution in [3.05, 3.63) is 95.8 Å². The van der Waals surface area contributed by atoms with Gasteiger partial charge in [0.25, 0.3) is 0 Å². The number of rotatable bonds is 3. The number of nitrogens with zero attached hydrogens (tertiary/aromatic N) is 1. The van der Waals surface area contributed by atoms with Crippen molar-refractivity contribution in [2.24, 2.45) is 0 Å². The molecule has 0 fully saturated rings. The minimum atomic E-state index is -0.268. The summed E-state index contributed by atoms with van der Waals surface area (Å²) in [4.78, 5) is 16.0. The molecule has 4 rings (SSSR count). The molecule has 0 radical (unpaired) electrons. The summed E-state index contributed by atoms with van der Waals surface area (Å²) < 4.78 is 13.2. The van der Waals surface area contributed by atoms with Gasteiger partial charge in [0, 0.05) is 16.6 Å². The predicted molar refractivity (Wildman–Crippen MR) is 104 cm³/mol. The van der Waals surface area contributed by atoms with Gasteiger partial charge < -0.3 is 4.90 Å². The first-order valence-electron chi connectivity index (χ1n) is 8.56. The van der Waals surface area contributed by atoms with Crippen molar-refractivity contribution in [2.75, 3.05) is 4.90 Å². The maximum Gasteiger partial charge on any atom is 0.228 e. The first-order valence-corrected chi connectivity index (χ1v) is 9.44. The minimum absolute atomic E-state index is 0.0839. The van der Waals surface area contributed by atoms with Crippen molar-refractivity contribution in [3.63, 3.8) is 0 Å². The zero-order chi connectivity index (χ0) is 17.9. The Morgan fingerprint density at radius 2 is 1.62 bits per heavy atom. The summed E-state index contributed by atoms with van der Waals surface area (Å²) >= 11 is 1.73. The molecular formula is C22H18FNOS. The molecule has 0 spiro atoms. The van der Waals surface area contributed by atoms with E-state index < -0.39 is 0 Å². The molecule has 1 amide bonds. The van der Waals surface area contributed by atoms with E-state index in [0.29, 0.717) is 13.0 Å². The normalized spacial score (nSPS) is 16.9. The molecule has 2 nitrogen and oxygen atoms in total. The Morgan fingerprint density at radius 3 is 2.38 bits per heavy atom. The highest BCUT2D eigenvalue weighted by Crippen LogP contribution is 2.45. The van der Waals surface area contributed by atoms with Crippen LogP contribution in [0.5, 0.6) is 0 Å². The molecule has 1 aliphatic heterocycles. The number of amides is 1. The Morgan fingerprint density at radius 1 is 0.923 bits per heavy atom. The standard InChI is InChI=1S/C22H18FNOS/c23-18-12-10-16(11-13-18)15-24-19-8-4-5-9-20(19)26-21(14-22(24)25)17-6-2-1-3-7-17/h1-13,21H,14-15H2/t21-/m1/s1. The van der Waals surface area contributed by atoms with Crippen LogP contribution < -0.4 is 4.90 Å². The zero-order valence-corrected chi connectivity index (χ0v) is 15.0. The van der Waals surface area contributed by atoms with Crippen LogP contribution in [0.2, 0.25) is 0 Å². The molecule has 0 N–H and O–H groups in total. The van der Waals surface area contributed by atoms with Gasteiger partial charge in [0.15, 0.2) is 0 Å². The van der Waals surface area contributed by atoms with E-state index in [9.17, 15) is 9.18 Å². The summed E-state index contributed by atoms with van der Waals surface area (Å²) in [5, 5.41) is 0.0862. The topological polar surface area (TPSA) is 20.3 Å². The number of thioether (sulfide) groups is 1. The number of benzene rings is 3. The van der Waals surface area contributed by atoms with E-state index >= 15 is 0 Å². The van der Waals surface area contributed by atoms with E-state index in [1.165, 1.54) is 12.1 Å². The maximum atomic E-state index is 13.2. The third-order valence-electron chi connectivity index (χ3n) is 4.51. The molecule has 130 valence electrons. The fourth-order valence-electron chi connectivity index (χ4n) is 3.18. The van der Waals surface area contributed by atoms with Crippen LogP contribution in [0.25, 0.3) is 0 Å². The van der Waals surface area contributed by atoms with Gasteiger partial charge in [-0.05, 0) is 35.4 Å². The van der Waals surface area contributed by atoms with Crippen LogP contribution in [0.3, 0.4) is 0 Å². The molecule has 0 aliphatic carbocycles. The van der Waals surface area contributed by atoms with Gasteiger partial charge in [-0.3, -0.25) is 4.79 Å². The number of carbonyl (C=O) groups excluding carboxylic acids is 1. The van der Waals surface area contributed by atoms with Crippen LogP contribution >= 0.6 is 11.8 Å². The second-order valence-corrected chi connectivity index (χ2v) is 7.54. The van der Waals surface area contributed by atoms with Gasteiger partial charge in [0.05, 0.1) is 12.2 Å². The molecule has 3 aromatic carbocycles. The minimum Gasteiger partial charge on any atom is -0.307 e. The second-order valence-electron chi connectivity index (χ2n) is 6.30. The number of hydrogen-bond donors (Lipinski definition) is 0. The van der Waals surface area contributed by atoms with Crippen LogP contribution in [0, 0.1) is 5.82 Å². The van der Waals surface area contributed by atoms with Gasteiger partial charge in [-0.2, -0.15) is 0 Å². The fourth-order valence-corrected chi connectivity index (χ4v) is 4.46. The number of hydrogen-bond acceptors (Lipinski definition) is 2. The number of carbonyl (C=O) groups is 1. The summed E-state index contributed by atoms with van der Waals surface area (Å²) in [6, 6.07) is 24.5. The van der Waals surface area contributed by atoms with Gasteiger partial charge in [0.1, 0.15) is 5.82 Å². The smallest absolute Gasteiger partial charge is 0.228 e. The quantitative estimate of drug-likeness (QED) is 0.604. The Hall–Kier alpha value is -2.59. The fraction of sp³-hybridized carbons (Fsp3) is 0.136. The van der Waals surface area contributed by atoms with Crippen molar-refractivity contribution in [1.82, 2.24) is 0 Å². The van der Waals surface area contributed by atoms with Crippen LogP contribution in [0.1, 0.15) is 22.8 Å². The molecule has 4 heteroatoms. The van der Waals surface area contributed by atoms with E-state index in [2.05, 4.69) is 18.2 Å². The maximum absolute atomic E-state index is 13.2. The number of fused-ring (bicyclic) bond motifs is 1. The Labute approximate surface area is 156 Å². The van der Waals surface area contributed by atoms with Gasteiger partial charge in [-0.1, -0.05) is 54.6 Å². The summed E-state index contributed by atoms with van der Waals surface area (Å²) in [6.07, 6.45) is 0.435. The molecule has 3 aromatic rings. The lowest BCUT2D eigenvalue weighted by Crippen LogP contribution is -2.30. The summed E-state index contributed by atoms with van der Waals surface area (Å²) in [5.74, 6) is -0.184. The average molecular weight is 363 g/mol. The van der Waals surface area contributed by atoms with Crippen molar-refractivity contribution in [2.45, 2.75) is 23.1 Å². The molecule has 1 aliphatic rings. The molecule has 0 saturated carbocycles. The van der Waals surface area contributed by atoms with Crippen LogP contribution in [0.15, 0.2) is 83.8 Å². The van der Waals surface area contributed by atoms with Crippen molar-refractivity contribution in [1.29, 1.82) is 0 Å². The van der Waals surface area contributed by atoms with Crippen LogP contribution in [0.4, 0.5) is 10.1 Å². The van der Waals surface area contributed by atoms with Gasteiger partial charge in [-0.15, -0.1) is 11.8 Å². The first-order chi connectivity index (χ1) is 12.7. The van der Waals surface area contributed by atoms with Crippen molar-refractivity contribution >= 4 is 23.4 Å². The zero-order valence-electron chi connectivity index (χ0n) is 14.1. The highest BCUT2D eigenvalue weighted by Gasteiger charge is 2.29. The monoisotopic (exact) mass is 363 g/mol. The lowest BCUT2D eigenvalue weighted by Gasteiger charge is -2.22. The Kier molecular flexibility index (Phi) is 4.76. The molecule has 0 saturated heterocycles.